The fourth-order valence-electron chi connectivity index (χ4n) is 9.60. The van der Waals surface area contributed by atoms with Crippen molar-refractivity contribution in [3.63, 3.8) is 0 Å². The third-order valence-electron chi connectivity index (χ3n) is 12.8. The third kappa shape index (κ3) is 6.78. The first-order valence-corrected chi connectivity index (χ1v) is 20.0. The Bertz CT molecular complexity index is 2350. The number of ether oxygens (including phenoxy) is 2. The molecular weight excluding hydrogens is 725 g/mol. The van der Waals surface area contributed by atoms with Gasteiger partial charge in [-0.1, -0.05) is 31.2 Å². The minimum absolute atomic E-state index is 0.0114. The second kappa shape index (κ2) is 15.1. The molecule has 0 saturated carbocycles. The van der Waals surface area contributed by atoms with Gasteiger partial charge in [0.25, 0.3) is 0 Å². The van der Waals surface area contributed by atoms with Gasteiger partial charge in [0, 0.05) is 53.8 Å². The van der Waals surface area contributed by atoms with Crippen LogP contribution in [0.5, 0.6) is 17.2 Å². The second-order valence-corrected chi connectivity index (χ2v) is 16.1. The molecule has 4 aliphatic heterocycles. The summed E-state index contributed by atoms with van der Waals surface area (Å²) in [4.78, 5) is 27.7. The molecule has 12 nitrogen and oxygen atoms in total. The van der Waals surface area contributed by atoms with Gasteiger partial charge in [-0.3, -0.25) is 10.1 Å². The van der Waals surface area contributed by atoms with Crippen LogP contribution in [0.15, 0.2) is 92.1 Å². The fourth-order valence-corrected chi connectivity index (χ4v) is 9.60. The number of esters is 1. The Morgan fingerprint density at radius 1 is 1.19 bits per heavy atom. The molecule has 8 rings (SSSR count). The predicted molar refractivity (Wildman–Crippen MR) is 216 cm³/mol. The van der Waals surface area contributed by atoms with E-state index in [2.05, 4.69) is 41.1 Å². The van der Waals surface area contributed by atoms with Crippen LogP contribution in [-0.4, -0.2) is 52.2 Å². The average molecular weight is 777 g/mol. The molecule has 6 atom stereocenters. The highest BCUT2D eigenvalue weighted by Crippen LogP contribution is 2.56. The smallest absolute Gasteiger partial charge is 0.333 e. The van der Waals surface area contributed by atoms with Gasteiger partial charge in [-0.2, -0.15) is 0 Å². The highest BCUT2D eigenvalue weighted by molar-refractivity contribution is 5.92. The van der Waals surface area contributed by atoms with E-state index in [1.54, 1.807) is 32.1 Å². The number of benzene rings is 2. The lowest BCUT2D eigenvalue weighted by molar-refractivity contribution is -0.165. The molecule has 3 aromatic rings. The number of nitrogens with one attached hydrogen (secondary N) is 3. The number of dihydropyridines is 2. The van der Waals surface area contributed by atoms with Crippen LogP contribution in [0.2, 0.25) is 0 Å². The summed E-state index contributed by atoms with van der Waals surface area (Å²) in [5.74, 6) is -0.638. The second-order valence-electron chi connectivity index (χ2n) is 16.1. The summed E-state index contributed by atoms with van der Waals surface area (Å²) < 4.78 is 20.3. The van der Waals surface area contributed by atoms with E-state index in [0.717, 1.165) is 40.8 Å². The number of aliphatic hydroxyl groups is 1. The topological polar surface area (TPSA) is 189 Å². The van der Waals surface area contributed by atoms with Gasteiger partial charge >= 0.3 is 5.97 Å². The average Bonchev–Trinajstić information content (AvgIpc) is 3.25. The first kappa shape index (κ1) is 38.4. The fraction of sp³-hybridized carbons (Fsp3) is 0.422. The number of aliphatic hydroxyl groups excluding tert-OH is 1. The van der Waals surface area contributed by atoms with Crippen LogP contribution in [0.3, 0.4) is 0 Å². The summed E-state index contributed by atoms with van der Waals surface area (Å²) in [6.45, 7) is 8.26. The summed E-state index contributed by atoms with van der Waals surface area (Å²) in [6, 6.07) is 6.67. The number of carbonyl (C=O) groups excluding carboxylic acids is 1. The molecule has 12 heteroatoms. The molecule has 5 aliphatic rings. The molecule has 0 spiro atoms. The summed E-state index contributed by atoms with van der Waals surface area (Å²) >= 11 is 0. The number of hydrogen-bond donors (Lipinski definition) is 7. The van der Waals surface area contributed by atoms with Crippen molar-refractivity contribution in [2.24, 2.45) is 17.6 Å². The molecule has 0 saturated heterocycles. The standard InChI is InChI=1S/C45H52N4O8/c1-5-23(3)44(54)56-35-20-33-40(53)39-34(52)19-30(22-50)55-42(39)38-32-18-27-17-29(51)11-10-25(27)8-9-26(37-31(32)13-14-48-43(37)46)16-28(45(35,4)57-41(33)38)15-24-7-12-36(47-6-2)49-21-24/h5,7,10-13,17,19,21,26,28,32,35-36,47-51,53H,6,8-9,14-16,18,20,22,46H2,1-4H3/b23-5-/t26-,28+,32+,35-,36?,45+/m1/s1. The largest absolute Gasteiger partial charge is 0.508 e. The zero-order valence-corrected chi connectivity index (χ0v) is 32.9. The van der Waals surface area contributed by atoms with E-state index in [9.17, 15) is 24.9 Å². The van der Waals surface area contributed by atoms with Crippen LogP contribution in [-0.2, 0) is 35.4 Å². The van der Waals surface area contributed by atoms with E-state index in [1.807, 2.05) is 19.2 Å². The van der Waals surface area contributed by atoms with E-state index >= 15 is 0 Å². The van der Waals surface area contributed by atoms with E-state index in [1.165, 1.54) is 6.07 Å². The van der Waals surface area contributed by atoms with Crippen molar-refractivity contribution in [3.8, 4) is 17.2 Å². The Morgan fingerprint density at radius 2 is 2.02 bits per heavy atom. The van der Waals surface area contributed by atoms with Crippen LogP contribution in [0.25, 0.3) is 11.0 Å². The number of phenols is 2. The van der Waals surface area contributed by atoms with Crippen molar-refractivity contribution < 1.29 is 34.0 Å². The number of phenolic OH excluding ortho intramolecular Hbond substituents is 2. The Hall–Kier alpha value is -5.46. The lowest BCUT2D eigenvalue weighted by atomic mass is 9.67. The Kier molecular flexibility index (Phi) is 10.2. The molecular formula is C45H52N4O8. The molecule has 8 N–H and O–H groups in total. The van der Waals surface area contributed by atoms with Crippen LogP contribution in [0, 0.1) is 11.8 Å². The number of likely N-dealkylation sites (N-methyl/N-ethyl adjacent to an activating group) is 1. The zero-order valence-electron chi connectivity index (χ0n) is 32.9. The number of allylic oxidation sites excluding steroid dienone is 5. The van der Waals surface area contributed by atoms with Gasteiger partial charge in [0.05, 0.1) is 6.17 Å². The summed E-state index contributed by atoms with van der Waals surface area (Å²) in [5, 5.41) is 43.5. The predicted octanol–water partition coefficient (Wildman–Crippen LogP) is 5.25. The highest BCUT2D eigenvalue weighted by atomic mass is 16.6. The highest BCUT2D eigenvalue weighted by Gasteiger charge is 2.53. The van der Waals surface area contributed by atoms with Crippen molar-refractivity contribution in [3.05, 3.63) is 121 Å². The van der Waals surface area contributed by atoms with Crippen molar-refractivity contribution in [1.29, 1.82) is 0 Å². The quantitative estimate of drug-likeness (QED) is 0.122. The lowest BCUT2D eigenvalue weighted by Crippen LogP contribution is -2.57. The van der Waals surface area contributed by atoms with Gasteiger partial charge in [0.15, 0.2) is 5.43 Å². The van der Waals surface area contributed by atoms with Crippen LogP contribution >= 0.6 is 0 Å². The molecule has 300 valence electrons. The van der Waals surface area contributed by atoms with Gasteiger partial charge in [0.1, 0.15) is 58.1 Å². The number of hydrogen-bond acceptors (Lipinski definition) is 12. The molecule has 1 unspecified atom stereocenters. The van der Waals surface area contributed by atoms with Gasteiger partial charge < -0.3 is 45.6 Å². The van der Waals surface area contributed by atoms with Gasteiger partial charge in [-0.25, -0.2) is 4.79 Å². The number of rotatable bonds is 7. The van der Waals surface area contributed by atoms with Gasteiger partial charge in [-0.15, -0.1) is 0 Å². The number of carbonyl (C=O) groups is 1. The molecule has 2 aromatic carbocycles. The third-order valence-corrected chi connectivity index (χ3v) is 12.8. The van der Waals surface area contributed by atoms with Crippen LogP contribution in [0.4, 0.5) is 0 Å². The number of aryl methyl sites for hydroxylation is 1. The van der Waals surface area contributed by atoms with Gasteiger partial charge in [0.2, 0.25) is 0 Å². The summed E-state index contributed by atoms with van der Waals surface area (Å²) in [5.41, 5.74) is 11.7. The molecule has 4 bridgehead atoms. The Labute approximate surface area is 331 Å². The van der Waals surface area contributed by atoms with Crippen LogP contribution in [0.1, 0.15) is 80.9 Å². The SMILES string of the molecule is C/C=C(/C)C(=O)O[C@@H]1Cc2c3c(c4oc(CO)cc(=O)c4c2O)[C@H]2Cc4cc(O)ccc4CC[C@H](C[C@H](CC4=CNC(NCC)C=C4)[C@]1(C)O3)C1=C(N)NCC=C12. The summed E-state index contributed by atoms with van der Waals surface area (Å²) in [6.07, 6.45) is 12.2. The minimum Gasteiger partial charge on any atom is -0.508 e. The lowest BCUT2D eigenvalue weighted by Gasteiger charge is -2.49. The maximum Gasteiger partial charge on any atom is 0.333 e. The van der Waals surface area contributed by atoms with Crippen molar-refractivity contribution in [2.45, 2.75) is 96.6 Å². The van der Waals surface area contributed by atoms with Gasteiger partial charge in [-0.05, 0) is 111 Å². The molecule has 1 aromatic heterocycles. The van der Waals surface area contributed by atoms with E-state index in [4.69, 9.17) is 19.6 Å². The number of fused-ring (bicyclic) bond motifs is 5. The van der Waals surface area contributed by atoms with Crippen molar-refractivity contribution >= 4 is 16.9 Å². The monoisotopic (exact) mass is 776 g/mol. The Morgan fingerprint density at radius 3 is 2.75 bits per heavy atom. The molecule has 57 heavy (non-hydrogen) atoms. The van der Waals surface area contributed by atoms with Crippen LogP contribution < -0.4 is 31.8 Å². The minimum atomic E-state index is -1.17. The maximum absolute atomic E-state index is 14.0. The van der Waals surface area contributed by atoms with Crippen molar-refractivity contribution in [2.75, 3.05) is 13.1 Å². The number of aromatic hydroxyl groups is 2. The molecule has 0 fully saturated rings. The number of nitrogens with two attached hydrogens (primary N) is 1. The first-order chi connectivity index (χ1) is 27.4. The maximum atomic E-state index is 14.0. The van der Waals surface area contributed by atoms with E-state index < -0.39 is 35.6 Å². The van der Waals surface area contributed by atoms with Crippen molar-refractivity contribution in [1.82, 2.24) is 16.0 Å². The van der Waals surface area contributed by atoms with E-state index in [0.29, 0.717) is 60.5 Å². The molecule has 0 radical (unpaired) electrons. The molecule has 1 aliphatic carbocycles. The zero-order chi connectivity index (χ0) is 40.2. The molecule has 0 amide bonds. The normalized spacial score (nSPS) is 26.7. The molecule has 5 heterocycles. The summed E-state index contributed by atoms with van der Waals surface area (Å²) in [7, 11) is 0. The Balaban J connectivity index is 1.45. The van der Waals surface area contributed by atoms with E-state index in [-0.39, 0.29) is 52.7 Å². The first-order valence-electron chi connectivity index (χ1n) is 20.0.